The molecule has 0 radical (unpaired) electrons. The first-order valence-electron chi connectivity index (χ1n) is 5.72. The Hall–Kier alpha value is -0.570. The van der Waals surface area contributed by atoms with Gasteiger partial charge < -0.3 is 10.4 Å². The van der Waals surface area contributed by atoms with E-state index in [1.165, 1.54) is 19.3 Å². The Morgan fingerprint density at radius 1 is 1.50 bits per heavy atom. The van der Waals surface area contributed by atoms with Crippen LogP contribution < -0.4 is 5.32 Å². The number of carboxylic acids is 1. The van der Waals surface area contributed by atoms with Crippen LogP contribution in [0.1, 0.15) is 45.4 Å². The van der Waals surface area contributed by atoms with Gasteiger partial charge in [0, 0.05) is 0 Å². The zero-order chi connectivity index (χ0) is 10.4. The third kappa shape index (κ3) is 3.29. The Bertz CT molecular complexity index is 182. The SMILES string of the molecule is CCCCCC1CCCNC1C(=O)O. The summed E-state index contributed by atoms with van der Waals surface area (Å²) in [6.07, 6.45) is 6.87. The normalized spacial score (nSPS) is 27.5. The molecule has 3 heteroatoms. The first-order valence-corrected chi connectivity index (χ1v) is 5.72. The summed E-state index contributed by atoms with van der Waals surface area (Å²) in [6, 6.07) is -0.291. The van der Waals surface area contributed by atoms with Crippen molar-refractivity contribution < 1.29 is 9.90 Å². The number of carboxylic acid groups (broad SMARTS) is 1. The molecule has 14 heavy (non-hydrogen) atoms. The second kappa shape index (κ2) is 6.02. The lowest BCUT2D eigenvalue weighted by atomic mass is 9.86. The fourth-order valence-corrected chi connectivity index (χ4v) is 2.21. The van der Waals surface area contributed by atoms with Crippen molar-refractivity contribution in [3.63, 3.8) is 0 Å². The van der Waals surface area contributed by atoms with Crippen LogP contribution in [0.25, 0.3) is 0 Å². The van der Waals surface area contributed by atoms with E-state index in [1.807, 2.05) is 0 Å². The van der Waals surface area contributed by atoms with Gasteiger partial charge in [0.25, 0.3) is 0 Å². The predicted octanol–water partition coefficient (Wildman–Crippen LogP) is 2.02. The summed E-state index contributed by atoms with van der Waals surface area (Å²) in [5.74, 6) is -0.320. The molecule has 1 rings (SSSR count). The molecule has 1 aliphatic rings. The third-order valence-electron chi connectivity index (χ3n) is 3.03. The average molecular weight is 199 g/mol. The third-order valence-corrected chi connectivity index (χ3v) is 3.03. The second-order valence-electron chi connectivity index (χ2n) is 4.17. The highest BCUT2D eigenvalue weighted by molar-refractivity contribution is 5.74. The Morgan fingerprint density at radius 3 is 2.93 bits per heavy atom. The standard InChI is InChI=1S/C11H21NO2/c1-2-3-4-6-9-7-5-8-12-10(9)11(13)14/h9-10,12H,2-8H2,1H3,(H,13,14). The van der Waals surface area contributed by atoms with Gasteiger partial charge in [0.05, 0.1) is 0 Å². The average Bonchev–Trinajstić information content (AvgIpc) is 2.19. The number of aliphatic carboxylic acids is 1. The molecule has 1 fully saturated rings. The molecule has 1 heterocycles. The summed E-state index contributed by atoms with van der Waals surface area (Å²) in [7, 11) is 0. The van der Waals surface area contributed by atoms with E-state index in [0.29, 0.717) is 5.92 Å². The van der Waals surface area contributed by atoms with Crippen LogP contribution in [-0.2, 0) is 4.79 Å². The van der Waals surface area contributed by atoms with E-state index in [2.05, 4.69) is 12.2 Å². The van der Waals surface area contributed by atoms with Gasteiger partial charge in [0.1, 0.15) is 6.04 Å². The number of rotatable bonds is 5. The zero-order valence-electron chi connectivity index (χ0n) is 8.96. The summed E-state index contributed by atoms with van der Waals surface area (Å²) >= 11 is 0. The van der Waals surface area contributed by atoms with Gasteiger partial charge in [0.15, 0.2) is 0 Å². The lowest BCUT2D eigenvalue weighted by molar-refractivity contribution is -0.141. The minimum absolute atomic E-state index is 0.291. The number of hydrogen-bond acceptors (Lipinski definition) is 2. The number of unbranched alkanes of at least 4 members (excludes halogenated alkanes) is 2. The molecule has 0 saturated carbocycles. The monoisotopic (exact) mass is 199 g/mol. The molecular weight excluding hydrogens is 178 g/mol. The Morgan fingerprint density at radius 2 is 2.29 bits per heavy atom. The molecule has 1 saturated heterocycles. The molecule has 3 nitrogen and oxygen atoms in total. The van der Waals surface area contributed by atoms with Crippen molar-refractivity contribution in [3.8, 4) is 0 Å². The van der Waals surface area contributed by atoms with Crippen LogP contribution in [0.15, 0.2) is 0 Å². The van der Waals surface area contributed by atoms with E-state index in [-0.39, 0.29) is 6.04 Å². The van der Waals surface area contributed by atoms with Crippen LogP contribution >= 0.6 is 0 Å². The molecule has 0 aromatic heterocycles. The maximum absolute atomic E-state index is 10.9. The molecule has 0 spiro atoms. The van der Waals surface area contributed by atoms with Gasteiger partial charge in [-0.25, -0.2) is 0 Å². The minimum Gasteiger partial charge on any atom is -0.480 e. The Kier molecular flexibility index (Phi) is 4.94. The van der Waals surface area contributed by atoms with Crippen LogP contribution in [0.5, 0.6) is 0 Å². The van der Waals surface area contributed by atoms with Crippen LogP contribution in [0.4, 0.5) is 0 Å². The van der Waals surface area contributed by atoms with Crippen LogP contribution in [0.3, 0.4) is 0 Å². The molecule has 2 atom stereocenters. The van der Waals surface area contributed by atoms with E-state index in [4.69, 9.17) is 5.11 Å². The minimum atomic E-state index is -0.675. The van der Waals surface area contributed by atoms with Gasteiger partial charge >= 0.3 is 5.97 Å². The predicted molar refractivity (Wildman–Crippen MR) is 56.3 cm³/mol. The van der Waals surface area contributed by atoms with Gasteiger partial charge in [-0.05, 0) is 31.7 Å². The van der Waals surface area contributed by atoms with Crippen molar-refractivity contribution in [2.45, 2.75) is 51.5 Å². The maximum atomic E-state index is 10.9. The van der Waals surface area contributed by atoms with Gasteiger partial charge in [-0.3, -0.25) is 4.79 Å². The van der Waals surface area contributed by atoms with E-state index in [9.17, 15) is 4.79 Å². The highest BCUT2D eigenvalue weighted by atomic mass is 16.4. The number of nitrogens with one attached hydrogen (secondary N) is 1. The quantitative estimate of drug-likeness (QED) is 0.666. The van der Waals surface area contributed by atoms with Crippen LogP contribution in [0.2, 0.25) is 0 Å². The van der Waals surface area contributed by atoms with Crippen molar-refractivity contribution in [2.75, 3.05) is 6.54 Å². The highest BCUT2D eigenvalue weighted by Crippen LogP contribution is 2.22. The van der Waals surface area contributed by atoms with Crippen LogP contribution in [-0.4, -0.2) is 23.7 Å². The summed E-state index contributed by atoms with van der Waals surface area (Å²) in [5.41, 5.74) is 0. The van der Waals surface area contributed by atoms with Crippen molar-refractivity contribution in [1.82, 2.24) is 5.32 Å². The van der Waals surface area contributed by atoms with Crippen LogP contribution in [0, 0.1) is 5.92 Å². The number of carbonyl (C=O) groups is 1. The molecule has 2 unspecified atom stereocenters. The lowest BCUT2D eigenvalue weighted by Gasteiger charge is -2.29. The number of hydrogen-bond donors (Lipinski definition) is 2. The fourth-order valence-electron chi connectivity index (χ4n) is 2.21. The first-order chi connectivity index (χ1) is 6.75. The number of piperidine rings is 1. The Labute approximate surface area is 85.9 Å². The van der Waals surface area contributed by atoms with E-state index in [1.54, 1.807) is 0 Å². The largest absolute Gasteiger partial charge is 0.480 e. The van der Waals surface area contributed by atoms with Crippen molar-refractivity contribution in [2.24, 2.45) is 5.92 Å². The summed E-state index contributed by atoms with van der Waals surface area (Å²) < 4.78 is 0. The van der Waals surface area contributed by atoms with Gasteiger partial charge in [0.2, 0.25) is 0 Å². The van der Waals surface area contributed by atoms with Gasteiger partial charge in [-0.2, -0.15) is 0 Å². The highest BCUT2D eigenvalue weighted by Gasteiger charge is 2.29. The van der Waals surface area contributed by atoms with E-state index in [0.717, 1.165) is 25.8 Å². The van der Waals surface area contributed by atoms with Crippen molar-refractivity contribution in [3.05, 3.63) is 0 Å². The molecule has 0 aliphatic carbocycles. The second-order valence-corrected chi connectivity index (χ2v) is 4.17. The zero-order valence-corrected chi connectivity index (χ0v) is 8.96. The lowest BCUT2D eigenvalue weighted by Crippen LogP contribution is -2.46. The topological polar surface area (TPSA) is 49.3 Å². The van der Waals surface area contributed by atoms with Gasteiger partial charge in [-0.1, -0.05) is 26.2 Å². The van der Waals surface area contributed by atoms with Crippen molar-refractivity contribution in [1.29, 1.82) is 0 Å². The first kappa shape index (κ1) is 11.5. The molecular formula is C11H21NO2. The molecule has 2 N–H and O–H groups in total. The smallest absolute Gasteiger partial charge is 0.320 e. The Balaban J connectivity index is 2.34. The molecule has 0 amide bonds. The summed E-state index contributed by atoms with van der Waals surface area (Å²) in [4.78, 5) is 10.9. The van der Waals surface area contributed by atoms with Gasteiger partial charge in [-0.15, -0.1) is 0 Å². The summed E-state index contributed by atoms with van der Waals surface area (Å²) in [5, 5.41) is 12.1. The van der Waals surface area contributed by atoms with Crippen molar-refractivity contribution >= 4 is 5.97 Å². The summed E-state index contributed by atoms with van der Waals surface area (Å²) in [6.45, 7) is 3.04. The maximum Gasteiger partial charge on any atom is 0.320 e. The molecule has 1 aliphatic heterocycles. The molecule has 0 aromatic rings. The molecule has 0 aromatic carbocycles. The van der Waals surface area contributed by atoms with E-state index < -0.39 is 5.97 Å². The van der Waals surface area contributed by atoms with E-state index >= 15 is 0 Å². The fraction of sp³-hybridized carbons (Fsp3) is 0.909. The molecule has 0 bridgehead atoms. The molecule has 82 valence electrons.